The molecule has 5 rings (SSSR count). The Labute approximate surface area is 419 Å². The first-order valence-corrected chi connectivity index (χ1v) is 27.8. The van der Waals surface area contributed by atoms with E-state index in [4.69, 9.17) is 22.7 Å². The van der Waals surface area contributed by atoms with E-state index in [0.717, 1.165) is 36.9 Å². The average molecular weight is 1050 g/mol. The first kappa shape index (κ1) is 57.0. The van der Waals surface area contributed by atoms with Crippen LogP contribution in [0.3, 0.4) is 0 Å². The summed E-state index contributed by atoms with van der Waals surface area (Å²) in [4.78, 5) is 19.5. The molecule has 18 nitrogen and oxygen atoms in total. The Balaban J connectivity index is 1.57. The van der Waals surface area contributed by atoms with Crippen LogP contribution in [0, 0.1) is 0 Å². The average Bonchev–Trinajstić information content (AvgIpc) is 3.83. The highest BCUT2D eigenvalue weighted by Gasteiger charge is 2.50. The summed E-state index contributed by atoms with van der Waals surface area (Å²) in [6.45, 7) is 15.2. The Kier molecular flexibility index (Phi) is 18.1. The fourth-order valence-corrected chi connectivity index (χ4v) is 11.1. The zero-order chi connectivity index (χ0) is 52.8. The minimum Gasteiger partial charge on any atom is -0.492 e. The molecular weight excluding hydrogens is 979 g/mol. The highest BCUT2D eigenvalue weighted by atomic mass is 32.2. The van der Waals surface area contributed by atoms with Gasteiger partial charge in [-0.05, 0) is 129 Å². The quantitative estimate of drug-likeness (QED) is 0.0243. The van der Waals surface area contributed by atoms with Gasteiger partial charge in [0.15, 0.2) is 5.71 Å². The first-order chi connectivity index (χ1) is 33.0. The Hall–Kier alpha value is -4.87. The molecule has 0 fully saturated rings. The van der Waals surface area contributed by atoms with Gasteiger partial charge in [0.05, 0.1) is 40.8 Å². The van der Waals surface area contributed by atoms with Crippen LogP contribution in [0.4, 0.5) is 11.4 Å². The summed E-state index contributed by atoms with van der Waals surface area (Å²) < 4.78 is 111. The van der Waals surface area contributed by atoms with E-state index in [1.807, 2.05) is 65.0 Å². The lowest BCUT2D eigenvalue weighted by molar-refractivity contribution is -0.438. The van der Waals surface area contributed by atoms with E-state index in [2.05, 4.69) is 23.3 Å². The van der Waals surface area contributed by atoms with Crippen LogP contribution in [0.25, 0.3) is 0 Å². The molecule has 2 aliphatic rings. The zero-order valence-corrected chi connectivity index (χ0v) is 44.7. The molecule has 0 amide bonds. The van der Waals surface area contributed by atoms with Crippen molar-refractivity contribution in [3.63, 3.8) is 0 Å². The number of aromatic hydroxyl groups is 2. The number of nitrogens with zero attached hydrogens (tertiary/aromatic N) is 3. The van der Waals surface area contributed by atoms with Crippen molar-refractivity contribution in [3.8, 4) is 11.8 Å². The highest BCUT2D eigenvalue weighted by molar-refractivity contribution is 7.87. The van der Waals surface area contributed by atoms with Gasteiger partial charge in [-0.15, -0.1) is 4.73 Å². The number of hydrogen-bond acceptors (Lipinski definition) is 15. The van der Waals surface area contributed by atoms with Gasteiger partial charge in [-0.3, -0.25) is 12.9 Å². The summed E-state index contributed by atoms with van der Waals surface area (Å²) in [6, 6.07) is 11.8. The molecule has 21 heteroatoms. The molecule has 71 heavy (non-hydrogen) atoms. The minimum absolute atomic E-state index is 0.000968. The van der Waals surface area contributed by atoms with Crippen LogP contribution in [0.2, 0.25) is 0 Å². The molecule has 0 aliphatic carbocycles. The van der Waals surface area contributed by atoms with Gasteiger partial charge in [-0.1, -0.05) is 18.2 Å². The predicted molar refractivity (Wildman–Crippen MR) is 269 cm³/mol. The SMILES string of the molecule is COCCC1(C)C(C=CC=CC=C2N(C(C)(C)CCOC(C)(C)C)c3ccc(S(=O)(=O)O)cc3C2(C)CCCS(=O)(=O)OC)=[N+](CCCCCC(=O)On2c(O)ccc2O)c2ccc(S(=O)(=O)OC)cc21. The van der Waals surface area contributed by atoms with Crippen molar-refractivity contribution in [2.75, 3.05) is 51.7 Å². The summed E-state index contributed by atoms with van der Waals surface area (Å²) in [5.41, 5.74) is 1.67. The summed E-state index contributed by atoms with van der Waals surface area (Å²) in [7, 11) is -8.69. The number of allylic oxidation sites excluding steroid dienone is 6. The third-order valence-corrected chi connectivity index (χ3v) is 16.5. The van der Waals surface area contributed by atoms with E-state index in [9.17, 15) is 44.8 Å². The molecule has 2 aromatic carbocycles. The Bertz CT molecular complexity index is 2880. The number of hydrogen-bond donors (Lipinski definition) is 3. The number of benzene rings is 2. The molecule has 2 unspecified atom stereocenters. The molecule has 1 aromatic heterocycles. The maximum atomic E-state index is 13.0. The lowest BCUT2D eigenvalue weighted by Crippen LogP contribution is -2.45. The van der Waals surface area contributed by atoms with E-state index < -0.39 is 70.1 Å². The molecule has 2 aliphatic heterocycles. The van der Waals surface area contributed by atoms with E-state index in [-0.39, 0.29) is 34.8 Å². The zero-order valence-electron chi connectivity index (χ0n) is 42.3. The van der Waals surface area contributed by atoms with Crippen molar-refractivity contribution in [2.45, 2.75) is 132 Å². The molecule has 392 valence electrons. The van der Waals surface area contributed by atoms with E-state index in [1.54, 1.807) is 25.3 Å². The number of fused-ring (bicyclic) bond motifs is 2. The largest absolute Gasteiger partial charge is 0.492 e. The normalized spacial score (nSPS) is 19.4. The number of ether oxygens (including phenoxy) is 2. The van der Waals surface area contributed by atoms with E-state index >= 15 is 0 Å². The first-order valence-electron chi connectivity index (χ1n) is 23.4. The minimum atomic E-state index is -4.61. The Morgan fingerprint density at radius 3 is 2.04 bits per heavy atom. The topological polar surface area (TPSA) is 238 Å². The van der Waals surface area contributed by atoms with E-state index in [1.165, 1.54) is 30.3 Å². The molecule has 3 N–H and O–H groups in total. The number of carbonyl (C=O) groups excluding carboxylic acids is 1. The third-order valence-electron chi connectivity index (χ3n) is 13.1. The van der Waals surface area contributed by atoms with Crippen LogP contribution in [0.5, 0.6) is 11.8 Å². The number of aromatic nitrogens is 1. The summed E-state index contributed by atoms with van der Waals surface area (Å²) in [5.74, 6) is -1.75. The Morgan fingerprint density at radius 1 is 0.761 bits per heavy atom. The summed E-state index contributed by atoms with van der Waals surface area (Å²) in [5, 5.41) is 19.7. The molecule has 0 saturated heterocycles. The molecule has 0 saturated carbocycles. The summed E-state index contributed by atoms with van der Waals surface area (Å²) in [6.07, 6.45) is 12.6. The van der Waals surface area contributed by atoms with Gasteiger partial charge in [-0.2, -0.15) is 29.8 Å². The molecule has 2 atom stereocenters. The second-order valence-electron chi connectivity index (χ2n) is 19.7. The molecule has 0 bridgehead atoms. The van der Waals surface area contributed by atoms with Crippen LogP contribution < -0.4 is 9.74 Å². The number of anilines is 1. The van der Waals surface area contributed by atoms with Crippen molar-refractivity contribution >= 4 is 53.4 Å². The molecule has 0 radical (unpaired) electrons. The maximum Gasteiger partial charge on any atom is 0.333 e. The molecular formula is C50H70N3O15S3+. The predicted octanol–water partition coefficient (Wildman–Crippen LogP) is 7.60. The standard InChI is InChI=1S/C50H69N3O15S3/c1-47(2,3)67-32-28-48(4,5)52-41-24-21-36(70(59,60)61)34-39(41)49(6,27-17-33-69(57,58)65-9)43(52)19-14-11-13-18-42-50(7,29-31-64-8)38-35-37(71(62,63)66-10)22-23-40(38)51(42)30-16-12-15-20-46(56)68-53-44(54)25-26-45(53)55/h11,13-14,18-19,21-26,34-35H,12,15-17,20,27-33H2,1-10H3,(H2-,54,55,59,60,61)/p+1. The maximum absolute atomic E-state index is 13.0. The molecule has 3 heterocycles. The van der Waals surface area contributed by atoms with Crippen LogP contribution in [0.15, 0.2) is 94.4 Å². The van der Waals surface area contributed by atoms with Gasteiger partial charge in [0.25, 0.3) is 30.4 Å². The monoisotopic (exact) mass is 1050 g/mol. The van der Waals surface area contributed by atoms with E-state index in [0.29, 0.717) is 67.8 Å². The van der Waals surface area contributed by atoms with Crippen molar-refractivity contribution in [1.82, 2.24) is 4.73 Å². The van der Waals surface area contributed by atoms with Crippen molar-refractivity contribution in [2.24, 2.45) is 0 Å². The lowest BCUT2D eigenvalue weighted by Gasteiger charge is -2.41. The highest BCUT2D eigenvalue weighted by Crippen LogP contribution is 2.54. The third kappa shape index (κ3) is 13.4. The van der Waals surface area contributed by atoms with Gasteiger partial charge in [0.1, 0.15) is 6.54 Å². The Morgan fingerprint density at radius 2 is 1.42 bits per heavy atom. The van der Waals surface area contributed by atoms with Gasteiger partial charge >= 0.3 is 5.97 Å². The number of methoxy groups -OCH3 is 1. The van der Waals surface area contributed by atoms with Crippen LogP contribution in [-0.2, 0) is 63.8 Å². The van der Waals surface area contributed by atoms with Gasteiger partial charge in [-0.25, -0.2) is 4.79 Å². The lowest BCUT2D eigenvalue weighted by atomic mass is 9.76. The van der Waals surface area contributed by atoms with Crippen LogP contribution >= 0.6 is 0 Å². The molecule has 3 aromatic rings. The second kappa shape index (κ2) is 22.5. The second-order valence-corrected chi connectivity index (χ2v) is 24.7. The fraction of sp³-hybridized carbons (Fsp3) is 0.520. The fourth-order valence-electron chi connectivity index (χ4n) is 9.21. The summed E-state index contributed by atoms with van der Waals surface area (Å²) >= 11 is 0. The van der Waals surface area contributed by atoms with Crippen LogP contribution in [0.1, 0.15) is 111 Å². The number of rotatable bonds is 25. The van der Waals surface area contributed by atoms with Gasteiger partial charge in [0, 0.05) is 85.3 Å². The van der Waals surface area contributed by atoms with Gasteiger partial charge in [0.2, 0.25) is 17.4 Å². The van der Waals surface area contributed by atoms with Crippen molar-refractivity contribution < 1.29 is 72.1 Å². The number of carbonyl (C=O) groups is 1. The number of unbranched alkanes of at least 4 members (excludes halogenated alkanes) is 2. The van der Waals surface area contributed by atoms with Crippen molar-refractivity contribution in [3.05, 3.63) is 95.7 Å². The van der Waals surface area contributed by atoms with Gasteiger partial charge < -0.3 is 29.4 Å². The van der Waals surface area contributed by atoms with Crippen LogP contribution in [-0.4, -0.2) is 119 Å². The smallest absolute Gasteiger partial charge is 0.333 e. The van der Waals surface area contributed by atoms with Crippen molar-refractivity contribution in [1.29, 1.82) is 0 Å². The molecule has 0 spiro atoms.